The van der Waals surface area contributed by atoms with Crippen molar-refractivity contribution in [1.29, 1.82) is 0 Å². The predicted octanol–water partition coefficient (Wildman–Crippen LogP) is 1.34. The molecule has 2 N–H and O–H groups in total. The van der Waals surface area contributed by atoms with Gasteiger partial charge in [-0.15, -0.1) is 12.4 Å². The average Bonchev–Trinajstić information content (AvgIpc) is 2.23. The van der Waals surface area contributed by atoms with E-state index < -0.39 is 0 Å². The van der Waals surface area contributed by atoms with Gasteiger partial charge in [0.25, 0.3) is 0 Å². The van der Waals surface area contributed by atoms with Crippen LogP contribution < -0.4 is 10.6 Å². The van der Waals surface area contributed by atoms with E-state index >= 15 is 0 Å². The van der Waals surface area contributed by atoms with Crippen molar-refractivity contribution in [1.82, 2.24) is 10.6 Å². The maximum atomic E-state index is 11.2. The van der Waals surface area contributed by atoms with Gasteiger partial charge in [-0.2, -0.15) is 0 Å². The van der Waals surface area contributed by atoms with E-state index in [2.05, 4.69) is 10.6 Å². The highest BCUT2D eigenvalue weighted by Gasteiger charge is 1.98. The van der Waals surface area contributed by atoms with E-state index in [1.807, 2.05) is 7.05 Å². The van der Waals surface area contributed by atoms with Crippen LogP contribution in [0.3, 0.4) is 0 Å². The summed E-state index contributed by atoms with van der Waals surface area (Å²) >= 11 is 0. The van der Waals surface area contributed by atoms with Crippen LogP contribution >= 0.6 is 12.4 Å². The van der Waals surface area contributed by atoms with Crippen molar-refractivity contribution in [2.24, 2.45) is 0 Å². The number of nitrogens with one attached hydrogen (secondary N) is 2. The van der Waals surface area contributed by atoms with Gasteiger partial charge in [0.05, 0.1) is 0 Å². The Morgan fingerprint density at radius 3 is 2.50 bits per heavy atom. The minimum atomic E-state index is 0. The number of hydrogen-bond acceptors (Lipinski definition) is 3. The van der Waals surface area contributed by atoms with Gasteiger partial charge in [-0.25, -0.2) is 0 Å². The molecule has 0 aromatic heterocycles. The lowest BCUT2D eigenvalue weighted by atomic mass is 10.2. The number of rotatable bonds is 10. The number of hydrogen-bond donors (Lipinski definition) is 2. The summed E-state index contributed by atoms with van der Waals surface area (Å²) in [6, 6.07) is 0. The SMILES string of the molecule is CNCCCC(=O)NCCCCCOC.Cl. The largest absolute Gasteiger partial charge is 0.385 e. The van der Waals surface area contributed by atoms with Crippen LogP contribution in [0.4, 0.5) is 0 Å². The molecule has 0 saturated heterocycles. The van der Waals surface area contributed by atoms with Crippen LogP contribution in [0, 0.1) is 0 Å². The molecule has 4 nitrogen and oxygen atoms in total. The topological polar surface area (TPSA) is 50.4 Å². The van der Waals surface area contributed by atoms with Crippen molar-refractivity contribution in [3.63, 3.8) is 0 Å². The zero-order valence-corrected chi connectivity index (χ0v) is 11.2. The van der Waals surface area contributed by atoms with Gasteiger partial charge >= 0.3 is 0 Å². The normalized spacial score (nSPS) is 9.62. The minimum absolute atomic E-state index is 0. The summed E-state index contributed by atoms with van der Waals surface area (Å²) in [6.07, 6.45) is 4.77. The van der Waals surface area contributed by atoms with E-state index in [0.717, 1.165) is 45.4 Å². The van der Waals surface area contributed by atoms with Gasteiger partial charge in [0.1, 0.15) is 0 Å². The van der Waals surface area contributed by atoms with Gasteiger partial charge in [0.15, 0.2) is 0 Å². The van der Waals surface area contributed by atoms with E-state index in [1.165, 1.54) is 0 Å². The molecule has 0 aliphatic heterocycles. The monoisotopic (exact) mass is 252 g/mol. The zero-order valence-electron chi connectivity index (χ0n) is 10.4. The number of carbonyl (C=O) groups is 1. The Morgan fingerprint density at radius 1 is 1.12 bits per heavy atom. The second-order valence-electron chi connectivity index (χ2n) is 3.61. The standard InChI is InChI=1S/C11H24N2O2.ClH/c1-12-8-6-7-11(14)13-9-4-3-5-10-15-2;/h12H,3-10H2,1-2H3,(H,13,14);1H. The highest BCUT2D eigenvalue weighted by Crippen LogP contribution is 1.94. The second-order valence-corrected chi connectivity index (χ2v) is 3.61. The fraction of sp³-hybridized carbons (Fsp3) is 0.909. The third-order valence-corrected chi connectivity index (χ3v) is 2.18. The Bertz CT molecular complexity index is 157. The van der Waals surface area contributed by atoms with Crippen LogP contribution in [0.2, 0.25) is 0 Å². The lowest BCUT2D eigenvalue weighted by molar-refractivity contribution is -0.121. The fourth-order valence-electron chi connectivity index (χ4n) is 1.29. The first kappa shape index (κ1) is 18.1. The maximum absolute atomic E-state index is 11.2. The van der Waals surface area contributed by atoms with Crippen LogP contribution in [0.15, 0.2) is 0 Å². The summed E-state index contributed by atoms with van der Waals surface area (Å²) in [4.78, 5) is 11.2. The Hall–Kier alpha value is -0.320. The van der Waals surface area contributed by atoms with Gasteiger partial charge < -0.3 is 15.4 Å². The molecule has 0 unspecified atom stereocenters. The zero-order chi connectivity index (χ0) is 11.4. The molecule has 0 aliphatic carbocycles. The van der Waals surface area contributed by atoms with Crippen molar-refractivity contribution in [3.8, 4) is 0 Å². The molecule has 0 spiro atoms. The third-order valence-electron chi connectivity index (χ3n) is 2.18. The van der Waals surface area contributed by atoms with Gasteiger partial charge in [0.2, 0.25) is 5.91 Å². The lowest BCUT2D eigenvalue weighted by Gasteiger charge is -2.04. The molecule has 5 heteroatoms. The molecule has 16 heavy (non-hydrogen) atoms. The molecule has 0 heterocycles. The Balaban J connectivity index is 0. The average molecular weight is 253 g/mol. The summed E-state index contributed by atoms with van der Waals surface area (Å²) in [6.45, 7) is 2.51. The smallest absolute Gasteiger partial charge is 0.220 e. The van der Waals surface area contributed by atoms with Crippen LogP contribution in [0.1, 0.15) is 32.1 Å². The molecule has 0 radical (unpaired) electrons. The molecule has 0 aliphatic rings. The Kier molecular flexibility index (Phi) is 16.6. The first-order valence-electron chi connectivity index (χ1n) is 5.71. The molecule has 0 bridgehead atoms. The number of methoxy groups -OCH3 is 1. The van der Waals surface area contributed by atoms with Crippen molar-refractivity contribution in [2.75, 3.05) is 33.9 Å². The van der Waals surface area contributed by atoms with Crippen LogP contribution in [-0.2, 0) is 9.53 Å². The molecule has 0 atom stereocenters. The van der Waals surface area contributed by atoms with E-state index in [-0.39, 0.29) is 18.3 Å². The summed E-state index contributed by atoms with van der Waals surface area (Å²) in [7, 11) is 3.61. The second kappa shape index (κ2) is 14.7. The number of unbranched alkanes of at least 4 members (excludes halogenated alkanes) is 2. The fourth-order valence-corrected chi connectivity index (χ4v) is 1.29. The number of carbonyl (C=O) groups excluding carboxylic acids is 1. The van der Waals surface area contributed by atoms with E-state index in [4.69, 9.17) is 4.74 Å². The van der Waals surface area contributed by atoms with Crippen molar-refractivity contribution >= 4 is 18.3 Å². The van der Waals surface area contributed by atoms with E-state index in [0.29, 0.717) is 6.42 Å². The summed E-state index contributed by atoms with van der Waals surface area (Å²) in [5.74, 6) is 0.164. The molecule has 0 rings (SSSR count). The van der Waals surface area contributed by atoms with Crippen LogP contribution in [0.5, 0.6) is 0 Å². The van der Waals surface area contributed by atoms with Crippen LogP contribution in [-0.4, -0.2) is 39.8 Å². The van der Waals surface area contributed by atoms with Gasteiger partial charge in [-0.1, -0.05) is 0 Å². The summed E-state index contributed by atoms with van der Waals surface area (Å²) in [5.41, 5.74) is 0. The van der Waals surface area contributed by atoms with E-state index in [1.54, 1.807) is 7.11 Å². The number of amides is 1. The van der Waals surface area contributed by atoms with Crippen molar-refractivity contribution in [3.05, 3.63) is 0 Å². The van der Waals surface area contributed by atoms with Gasteiger partial charge in [-0.3, -0.25) is 4.79 Å². The minimum Gasteiger partial charge on any atom is -0.385 e. The van der Waals surface area contributed by atoms with Crippen LogP contribution in [0.25, 0.3) is 0 Å². The first-order chi connectivity index (χ1) is 7.31. The Morgan fingerprint density at radius 2 is 1.88 bits per heavy atom. The van der Waals surface area contributed by atoms with Crippen molar-refractivity contribution in [2.45, 2.75) is 32.1 Å². The van der Waals surface area contributed by atoms with Gasteiger partial charge in [-0.05, 0) is 39.3 Å². The molecule has 98 valence electrons. The maximum Gasteiger partial charge on any atom is 0.220 e. The summed E-state index contributed by atoms with van der Waals surface area (Å²) in [5, 5.41) is 5.93. The lowest BCUT2D eigenvalue weighted by Crippen LogP contribution is -2.25. The summed E-state index contributed by atoms with van der Waals surface area (Å²) < 4.78 is 4.94. The number of halogens is 1. The first-order valence-corrected chi connectivity index (χ1v) is 5.71. The highest BCUT2D eigenvalue weighted by atomic mass is 35.5. The third kappa shape index (κ3) is 13.7. The quantitative estimate of drug-likeness (QED) is 0.577. The molecular formula is C11H25ClN2O2. The molecular weight excluding hydrogens is 228 g/mol. The Labute approximate surface area is 105 Å². The van der Waals surface area contributed by atoms with E-state index in [9.17, 15) is 4.79 Å². The van der Waals surface area contributed by atoms with Gasteiger partial charge in [0, 0.05) is 26.7 Å². The molecule has 0 aromatic rings. The highest BCUT2D eigenvalue weighted by molar-refractivity contribution is 5.85. The predicted molar refractivity (Wildman–Crippen MR) is 69.1 cm³/mol. The molecule has 0 saturated carbocycles. The molecule has 0 aromatic carbocycles. The molecule has 1 amide bonds. The van der Waals surface area contributed by atoms with Crippen molar-refractivity contribution < 1.29 is 9.53 Å². The molecule has 0 fully saturated rings. The number of ether oxygens (including phenoxy) is 1.